The number of hydrogen-bond donors (Lipinski definition) is 1. The second kappa shape index (κ2) is 7.40. The summed E-state index contributed by atoms with van der Waals surface area (Å²) >= 11 is 3.54. The summed E-state index contributed by atoms with van der Waals surface area (Å²) in [5.74, 6) is 0.594. The fraction of sp³-hybridized carbons (Fsp3) is 0.500. The Kier molecular flexibility index (Phi) is 6.17. The van der Waals surface area contributed by atoms with Crippen LogP contribution < -0.4 is 5.73 Å². The lowest BCUT2D eigenvalue weighted by Crippen LogP contribution is -2.28. The van der Waals surface area contributed by atoms with Gasteiger partial charge < -0.3 is 5.73 Å². The van der Waals surface area contributed by atoms with Gasteiger partial charge in [0, 0.05) is 36.2 Å². The highest BCUT2D eigenvalue weighted by atomic mass is 79.9. The predicted octanol–water partition coefficient (Wildman–Crippen LogP) is 3.40. The Labute approximate surface area is 118 Å². The second-order valence-corrected chi connectivity index (χ2v) is 5.74. The molecule has 0 saturated heterocycles. The quantitative estimate of drug-likeness (QED) is 0.819. The zero-order valence-electron chi connectivity index (χ0n) is 11.0. The van der Waals surface area contributed by atoms with Crippen molar-refractivity contribution in [2.24, 2.45) is 5.92 Å². The summed E-state index contributed by atoms with van der Waals surface area (Å²) in [6.45, 7) is 7.04. The van der Waals surface area contributed by atoms with Gasteiger partial charge in [0.05, 0.1) is 6.07 Å². The molecular weight excluding hydrogens is 290 g/mol. The van der Waals surface area contributed by atoms with Gasteiger partial charge in [0.1, 0.15) is 0 Å². The first-order valence-electron chi connectivity index (χ1n) is 6.16. The Balaban J connectivity index is 2.72. The Morgan fingerprint density at radius 2 is 2.17 bits per heavy atom. The first-order valence-corrected chi connectivity index (χ1v) is 6.95. The summed E-state index contributed by atoms with van der Waals surface area (Å²) in [6.07, 6.45) is 0.569. The lowest BCUT2D eigenvalue weighted by Gasteiger charge is -2.23. The molecule has 0 aliphatic rings. The van der Waals surface area contributed by atoms with Crippen molar-refractivity contribution < 1.29 is 0 Å². The van der Waals surface area contributed by atoms with Crippen LogP contribution in [-0.2, 0) is 6.54 Å². The molecule has 0 bridgehead atoms. The summed E-state index contributed by atoms with van der Waals surface area (Å²) < 4.78 is 1.04. The smallest absolute Gasteiger partial charge is 0.0635 e. The van der Waals surface area contributed by atoms with E-state index < -0.39 is 0 Å². The van der Waals surface area contributed by atoms with Gasteiger partial charge in [-0.15, -0.1) is 0 Å². The van der Waals surface area contributed by atoms with Crippen molar-refractivity contribution in [1.82, 2.24) is 4.90 Å². The van der Waals surface area contributed by atoms with E-state index in [0.29, 0.717) is 12.3 Å². The molecule has 0 radical (unpaired) electrons. The van der Waals surface area contributed by atoms with E-state index in [1.807, 2.05) is 18.2 Å². The van der Waals surface area contributed by atoms with Crippen LogP contribution in [0.4, 0.5) is 5.69 Å². The van der Waals surface area contributed by atoms with E-state index in [9.17, 15) is 0 Å². The van der Waals surface area contributed by atoms with Crippen LogP contribution >= 0.6 is 15.9 Å². The highest BCUT2D eigenvalue weighted by Gasteiger charge is 2.10. The number of nitrogen functional groups attached to an aromatic ring is 1. The van der Waals surface area contributed by atoms with Gasteiger partial charge in [-0.3, -0.25) is 4.90 Å². The lowest BCUT2D eigenvalue weighted by atomic mass is 10.1. The van der Waals surface area contributed by atoms with Crippen molar-refractivity contribution in [2.45, 2.75) is 26.8 Å². The van der Waals surface area contributed by atoms with E-state index in [4.69, 9.17) is 11.0 Å². The van der Waals surface area contributed by atoms with E-state index in [2.05, 4.69) is 40.7 Å². The topological polar surface area (TPSA) is 53.0 Å². The fourth-order valence-corrected chi connectivity index (χ4v) is 2.41. The van der Waals surface area contributed by atoms with Crippen molar-refractivity contribution in [3.05, 3.63) is 28.2 Å². The molecule has 0 fully saturated rings. The highest BCUT2D eigenvalue weighted by Crippen LogP contribution is 2.21. The molecule has 2 N–H and O–H groups in total. The Morgan fingerprint density at radius 1 is 1.44 bits per heavy atom. The Morgan fingerprint density at radius 3 is 2.72 bits per heavy atom. The van der Waals surface area contributed by atoms with Crippen LogP contribution in [0.3, 0.4) is 0 Å². The van der Waals surface area contributed by atoms with Crippen LogP contribution in [0.25, 0.3) is 0 Å². The first kappa shape index (κ1) is 15.0. The molecule has 98 valence electrons. The average molecular weight is 310 g/mol. The molecule has 1 aromatic carbocycles. The molecule has 0 aromatic heterocycles. The van der Waals surface area contributed by atoms with Gasteiger partial charge in [-0.1, -0.05) is 35.8 Å². The summed E-state index contributed by atoms with van der Waals surface area (Å²) in [7, 11) is 0. The fourth-order valence-electron chi connectivity index (χ4n) is 1.89. The van der Waals surface area contributed by atoms with Crippen LogP contribution in [-0.4, -0.2) is 18.0 Å². The molecule has 0 amide bonds. The maximum atomic E-state index is 8.70. The molecular formula is C14H20BrN3. The summed E-state index contributed by atoms with van der Waals surface area (Å²) in [5, 5.41) is 8.70. The van der Waals surface area contributed by atoms with Crippen LogP contribution in [0.2, 0.25) is 0 Å². The van der Waals surface area contributed by atoms with Crippen molar-refractivity contribution >= 4 is 21.6 Å². The van der Waals surface area contributed by atoms with Crippen molar-refractivity contribution in [1.29, 1.82) is 5.26 Å². The van der Waals surface area contributed by atoms with Gasteiger partial charge in [-0.05, 0) is 23.6 Å². The Hall–Kier alpha value is -1.05. The third-order valence-corrected chi connectivity index (χ3v) is 3.37. The van der Waals surface area contributed by atoms with E-state index in [1.165, 1.54) is 5.56 Å². The molecule has 0 aliphatic carbocycles. The minimum absolute atomic E-state index is 0.569. The number of nitrogens with two attached hydrogens (primary N) is 1. The van der Waals surface area contributed by atoms with Gasteiger partial charge in [0.25, 0.3) is 0 Å². The van der Waals surface area contributed by atoms with Gasteiger partial charge in [0.15, 0.2) is 0 Å². The monoisotopic (exact) mass is 309 g/mol. The van der Waals surface area contributed by atoms with E-state index in [0.717, 1.165) is 29.8 Å². The second-order valence-electron chi connectivity index (χ2n) is 4.89. The molecule has 0 heterocycles. The van der Waals surface area contributed by atoms with E-state index in [-0.39, 0.29) is 0 Å². The zero-order valence-corrected chi connectivity index (χ0v) is 12.6. The van der Waals surface area contributed by atoms with Gasteiger partial charge in [0.2, 0.25) is 0 Å². The van der Waals surface area contributed by atoms with Crippen molar-refractivity contribution in [2.75, 3.05) is 18.8 Å². The van der Waals surface area contributed by atoms with Crippen LogP contribution in [0.1, 0.15) is 25.8 Å². The third-order valence-electron chi connectivity index (χ3n) is 2.63. The molecule has 1 rings (SSSR count). The predicted molar refractivity (Wildman–Crippen MR) is 78.9 cm³/mol. The standard InChI is InChI=1S/C14H20BrN3/c1-11(2)9-18(7-3-6-16)10-12-4-5-13(17)8-14(12)15/h4-5,8,11H,3,7,9-10,17H2,1-2H3. The van der Waals surface area contributed by atoms with Gasteiger partial charge in [-0.2, -0.15) is 5.26 Å². The van der Waals surface area contributed by atoms with Gasteiger partial charge >= 0.3 is 0 Å². The lowest BCUT2D eigenvalue weighted by molar-refractivity contribution is 0.241. The molecule has 0 atom stereocenters. The average Bonchev–Trinajstić information content (AvgIpc) is 2.29. The third kappa shape index (κ3) is 5.07. The summed E-state index contributed by atoms with van der Waals surface area (Å²) in [5.41, 5.74) is 7.71. The largest absolute Gasteiger partial charge is 0.399 e. The number of anilines is 1. The van der Waals surface area contributed by atoms with Crippen molar-refractivity contribution in [3.8, 4) is 6.07 Å². The number of rotatable bonds is 6. The van der Waals surface area contributed by atoms with Crippen LogP contribution in [0.15, 0.2) is 22.7 Å². The summed E-state index contributed by atoms with van der Waals surface area (Å²) in [6, 6.07) is 8.09. The van der Waals surface area contributed by atoms with E-state index in [1.54, 1.807) is 0 Å². The molecule has 1 aromatic rings. The highest BCUT2D eigenvalue weighted by molar-refractivity contribution is 9.10. The Bertz CT molecular complexity index is 424. The number of hydrogen-bond acceptors (Lipinski definition) is 3. The molecule has 0 spiro atoms. The van der Waals surface area contributed by atoms with Crippen LogP contribution in [0, 0.1) is 17.2 Å². The normalized spacial score (nSPS) is 10.9. The minimum atomic E-state index is 0.569. The number of halogens is 1. The van der Waals surface area contributed by atoms with Gasteiger partial charge in [-0.25, -0.2) is 0 Å². The van der Waals surface area contributed by atoms with Crippen molar-refractivity contribution in [3.63, 3.8) is 0 Å². The summed E-state index contributed by atoms with van der Waals surface area (Å²) in [4.78, 5) is 2.31. The molecule has 0 aliphatic heterocycles. The maximum Gasteiger partial charge on any atom is 0.0635 e. The zero-order chi connectivity index (χ0) is 13.5. The van der Waals surface area contributed by atoms with E-state index >= 15 is 0 Å². The molecule has 3 nitrogen and oxygen atoms in total. The maximum absolute atomic E-state index is 8.70. The number of benzene rings is 1. The number of nitrogens with zero attached hydrogens (tertiary/aromatic N) is 2. The van der Waals surface area contributed by atoms with Crippen LogP contribution in [0.5, 0.6) is 0 Å². The molecule has 0 saturated carbocycles. The SMILES string of the molecule is CC(C)CN(CCC#N)Cc1ccc(N)cc1Br. The molecule has 0 unspecified atom stereocenters. The minimum Gasteiger partial charge on any atom is -0.399 e. The first-order chi connectivity index (χ1) is 8.52. The number of nitriles is 1. The molecule has 18 heavy (non-hydrogen) atoms. The molecule has 4 heteroatoms.